The summed E-state index contributed by atoms with van der Waals surface area (Å²) >= 11 is 0. The van der Waals surface area contributed by atoms with Gasteiger partial charge in [0, 0.05) is 26.3 Å². The maximum atomic E-state index is 5.57. The number of hydrazine groups is 1. The maximum absolute atomic E-state index is 5.57. The highest BCUT2D eigenvalue weighted by Gasteiger charge is 2.38. The molecule has 0 aliphatic heterocycles. The van der Waals surface area contributed by atoms with Crippen molar-refractivity contribution in [1.82, 2.24) is 10.7 Å². The number of hydrogen-bond acceptors (Lipinski definition) is 3. The molecule has 20 heavy (non-hydrogen) atoms. The predicted molar refractivity (Wildman–Crippen MR) is 84.5 cm³/mol. The van der Waals surface area contributed by atoms with Crippen molar-refractivity contribution in [3.63, 3.8) is 0 Å². The number of hydrogen-bond donors (Lipinski definition) is 3. The van der Waals surface area contributed by atoms with Crippen LogP contribution in [0.15, 0.2) is 4.99 Å². The molecule has 0 spiro atoms. The molecule has 1 aliphatic carbocycles. The second-order valence-electron chi connectivity index (χ2n) is 7.48. The van der Waals surface area contributed by atoms with Crippen LogP contribution in [0.5, 0.6) is 0 Å². The normalized spacial score (nSPS) is 22.6. The van der Waals surface area contributed by atoms with E-state index >= 15 is 0 Å². The summed E-state index contributed by atoms with van der Waals surface area (Å²) < 4.78 is 5.02. The summed E-state index contributed by atoms with van der Waals surface area (Å²) in [7, 11) is 1.70. The third-order valence-corrected chi connectivity index (χ3v) is 3.81. The minimum absolute atomic E-state index is 0.356. The van der Waals surface area contributed by atoms with Crippen molar-refractivity contribution in [3.05, 3.63) is 0 Å². The Bertz CT molecular complexity index is 310. The molecule has 4 N–H and O–H groups in total. The Morgan fingerprint density at radius 1 is 1.25 bits per heavy atom. The van der Waals surface area contributed by atoms with Crippen LogP contribution in [-0.4, -0.2) is 32.3 Å². The average molecular weight is 284 g/mol. The number of ether oxygens (including phenoxy) is 1. The lowest BCUT2D eigenvalue weighted by atomic mass is 9.63. The molecular formula is C15H32N4O. The lowest BCUT2D eigenvalue weighted by molar-refractivity contribution is 0.0918. The number of nitrogens with zero attached hydrogens (tertiary/aromatic N) is 1. The van der Waals surface area contributed by atoms with Gasteiger partial charge in [-0.3, -0.25) is 10.4 Å². The fourth-order valence-corrected chi connectivity index (χ4v) is 3.67. The van der Waals surface area contributed by atoms with Gasteiger partial charge in [-0.05, 0) is 36.5 Å². The largest absolute Gasteiger partial charge is 0.385 e. The van der Waals surface area contributed by atoms with Gasteiger partial charge < -0.3 is 10.1 Å². The first kappa shape index (κ1) is 17.2. The number of nitrogens with two attached hydrogens (primary N) is 1. The summed E-state index contributed by atoms with van der Waals surface area (Å²) in [6.45, 7) is 10.8. The minimum Gasteiger partial charge on any atom is -0.385 e. The van der Waals surface area contributed by atoms with Crippen LogP contribution in [0, 0.1) is 10.8 Å². The topological polar surface area (TPSA) is 71.7 Å². The zero-order chi connectivity index (χ0) is 15.2. The minimum atomic E-state index is 0.356. The Morgan fingerprint density at radius 2 is 1.85 bits per heavy atom. The summed E-state index contributed by atoms with van der Waals surface area (Å²) in [4.78, 5) is 4.46. The Morgan fingerprint density at radius 3 is 2.35 bits per heavy atom. The van der Waals surface area contributed by atoms with Crippen LogP contribution in [0.3, 0.4) is 0 Å². The summed E-state index contributed by atoms with van der Waals surface area (Å²) in [6, 6.07) is 0.422. The molecule has 1 aliphatic rings. The first-order valence-corrected chi connectivity index (χ1v) is 7.54. The third-order valence-electron chi connectivity index (χ3n) is 3.81. The van der Waals surface area contributed by atoms with E-state index < -0.39 is 0 Å². The van der Waals surface area contributed by atoms with Gasteiger partial charge in [-0.25, -0.2) is 5.84 Å². The van der Waals surface area contributed by atoms with E-state index in [0.29, 0.717) is 22.8 Å². The summed E-state index contributed by atoms with van der Waals surface area (Å²) in [5.74, 6) is 6.26. The van der Waals surface area contributed by atoms with Crippen molar-refractivity contribution in [3.8, 4) is 0 Å². The van der Waals surface area contributed by atoms with Crippen molar-refractivity contribution in [1.29, 1.82) is 0 Å². The van der Waals surface area contributed by atoms with Crippen LogP contribution in [0.25, 0.3) is 0 Å². The quantitative estimate of drug-likeness (QED) is 0.237. The molecule has 1 fully saturated rings. The van der Waals surface area contributed by atoms with E-state index in [1.54, 1.807) is 7.11 Å². The van der Waals surface area contributed by atoms with Crippen molar-refractivity contribution < 1.29 is 4.74 Å². The molecule has 0 atom stereocenters. The monoisotopic (exact) mass is 284 g/mol. The van der Waals surface area contributed by atoms with Crippen LogP contribution in [0.4, 0.5) is 0 Å². The molecule has 0 aromatic rings. The average Bonchev–Trinajstić information content (AvgIpc) is 2.29. The van der Waals surface area contributed by atoms with Gasteiger partial charge >= 0.3 is 0 Å². The first-order chi connectivity index (χ1) is 9.28. The van der Waals surface area contributed by atoms with E-state index in [4.69, 9.17) is 10.6 Å². The molecule has 0 radical (unpaired) electrons. The van der Waals surface area contributed by atoms with Gasteiger partial charge in [0.05, 0.1) is 0 Å². The van der Waals surface area contributed by atoms with Gasteiger partial charge in [0.2, 0.25) is 5.96 Å². The van der Waals surface area contributed by atoms with Crippen molar-refractivity contribution >= 4 is 5.96 Å². The van der Waals surface area contributed by atoms with Gasteiger partial charge in [0.1, 0.15) is 0 Å². The molecule has 118 valence electrons. The second-order valence-corrected chi connectivity index (χ2v) is 7.48. The number of guanidine groups is 1. The number of nitrogens with one attached hydrogen (secondary N) is 2. The van der Waals surface area contributed by atoms with Crippen LogP contribution in [-0.2, 0) is 4.74 Å². The standard InChI is InChI=1S/C15H32N4O/c1-14(2)9-12(10-15(3,4)11-14)18-13(19-16)17-7-6-8-20-5/h12H,6-11,16H2,1-5H3,(H2,17,18,19). The fraction of sp³-hybridized carbons (Fsp3) is 0.933. The number of rotatable bonds is 5. The lowest BCUT2D eigenvalue weighted by Gasteiger charge is -2.45. The van der Waals surface area contributed by atoms with E-state index in [2.05, 4.69) is 43.4 Å². The van der Waals surface area contributed by atoms with Crippen LogP contribution in [0.2, 0.25) is 0 Å². The van der Waals surface area contributed by atoms with E-state index in [0.717, 1.165) is 32.4 Å². The maximum Gasteiger partial charge on any atom is 0.205 e. The SMILES string of the molecule is COCCCN=C(NN)NC1CC(C)(C)CC(C)(C)C1. The summed E-state index contributed by atoms with van der Waals surface area (Å²) in [6.07, 6.45) is 4.46. The fourth-order valence-electron chi connectivity index (χ4n) is 3.67. The molecule has 0 unspecified atom stereocenters. The van der Waals surface area contributed by atoms with E-state index in [-0.39, 0.29) is 0 Å². The second kappa shape index (κ2) is 7.27. The molecule has 0 saturated heterocycles. The number of methoxy groups -OCH3 is 1. The van der Waals surface area contributed by atoms with Gasteiger partial charge in [-0.1, -0.05) is 27.7 Å². The van der Waals surface area contributed by atoms with Gasteiger partial charge in [0.15, 0.2) is 0 Å². The summed E-state index contributed by atoms with van der Waals surface area (Å²) in [5.41, 5.74) is 3.39. The molecule has 0 bridgehead atoms. The Labute approximate surface area is 123 Å². The van der Waals surface area contributed by atoms with E-state index in [9.17, 15) is 0 Å². The van der Waals surface area contributed by atoms with Crippen LogP contribution < -0.4 is 16.6 Å². The molecule has 5 heteroatoms. The Kier molecular flexibility index (Phi) is 6.27. The zero-order valence-electron chi connectivity index (χ0n) is 13.8. The molecule has 0 aromatic carbocycles. The molecule has 5 nitrogen and oxygen atoms in total. The third kappa shape index (κ3) is 6.09. The highest BCUT2D eigenvalue weighted by Crippen LogP contribution is 2.45. The molecule has 0 amide bonds. The number of aliphatic imine (C=N–C) groups is 1. The van der Waals surface area contributed by atoms with E-state index in [1.165, 1.54) is 6.42 Å². The van der Waals surface area contributed by atoms with Crippen molar-refractivity contribution in [2.45, 2.75) is 59.4 Å². The summed E-state index contributed by atoms with van der Waals surface area (Å²) in [5, 5.41) is 3.47. The van der Waals surface area contributed by atoms with Crippen LogP contribution >= 0.6 is 0 Å². The highest BCUT2D eigenvalue weighted by molar-refractivity contribution is 5.79. The molecule has 0 aromatic heterocycles. The predicted octanol–water partition coefficient (Wildman–Crippen LogP) is 2.04. The highest BCUT2D eigenvalue weighted by atomic mass is 16.5. The lowest BCUT2D eigenvalue weighted by Crippen LogP contribution is -2.51. The molecule has 1 rings (SSSR count). The first-order valence-electron chi connectivity index (χ1n) is 7.54. The molecule has 0 heterocycles. The Balaban J connectivity index is 2.55. The molecule has 1 saturated carbocycles. The van der Waals surface area contributed by atoms with E-state index in [1.807, 2.05) is 0 Å². The van der Waals surface area contributed by atoms with Crippen molar-refractivity contribution in [2.24, 2.45) is 21.7 Å². The van der Waals surface area contributed by atoms with Crippen LogP contribution in [0.1, 0.15) is 53.4 Å². The van der Waals surface area contributed by atoms with Gasteiger partial charge in [-0.15, -0.1) is 0 Å². The van der Waals surface area contributed by atoms with Gasteiger partial charge in [-0.2, -0.15) is 0 Å². The van der Waals surface area contributed by atoms with Gasteiger partial charge in [0.25, 0.3) is 0 Å². The van der Waals surface area contributed by atoms with Crippen molar-refractivity contribution in [2.75, 3.05) is 20.3 Å². The molecular weight excluding hydrogens is 252 g/mol. The smallest absolute Gasteiger partial charge is 0.205 e. The zero-order valence-corrected chi connectivity index (χ0v) is 13.8. The Hall–Kier alpha value is -0.810.